The Labute approximate surface area is 95.6 Å². The fraction of sp³-hybridized carbons (Fsp3) is 0.818. The molecule has 0 saturated heterocycles. The Kier molecular flexibility index (Phi) is 4.58. The molecule has 1 aliphatic carbocycles. The highest BCUT2D eigenvalue weighted by Gasteiger charge is 2.23. The van der Waals surface area contributed by atoms with Crippen molar-refractivity contribution in [1.82, 2.24) is 10.6 Å². The van der Waals surface area contributed by atoms with Crippen LogP contribution in [0.2, 0.25) is 0 Å². The van der Waals surface area contributed by atoms with E-state index in [-0.39, 0.29) is 18.5 Å². The van der Waals surface area contributed by atoms with E-state index in [2.05, 4.69) is 10.6 Å². The zero-order valence-electron chi connectivity index (χ0n) is 9.82. The monoisotopic (exact) mass is 228 g/mol. The summed E-state index contributed by atoms with van der Waals surface area (Å²) in [7, 11) is 0. The summed E-state index contributed by atoms with van der Waals surface area (Å²) in [5, 5.41) is 14.2. The van der Waals surface area contributed by atoms with Gasteiger partial charge in [-0.2, -0.15) is 0 Å². The van der Waals surface area contributed by atoms with Crippen molar-refractivity contribution in [3.8, 4) is 0 Å². The first-order chi connectivity index (χ1) is 7.50. The molecule has 0 bridgehead atoms. The molecule has 16 heavy (non-hydrogen) atoms. The number of amides is 2. The predicted octanol–water partition coefficient (Wildman–Crippen LogP) is 1.05. The largest absolute Gasteiger partial charge is 0.481 e. The molecule has 1 aliphatic rings. The lowest BCUT2D eigenvalue weighted by Gasteiger charge is -2.16. The minimum Gasteiger partial charge on any atom is -0.481 e. The van der Waals surface area contributed by atoms with Crippen LogP contribution in [-0.2, 0) is 4.79 Å². The molecule has 0 aromatic heterocycles. The molecule has 1 rings (SSSR count). The van der Waals surface area contributed by atoms with E-state index in [0.717, 1.165) is 0 Å². The van der Waals surface area contributed by atoms with E-state index < -0.39 is 11.9 Å². The van der Waals surface area contributed by atoms with Crippen molar-refractivity contribution in [2.75, 3.05) is 13.1 Å². The standard InChI is InChI=1S/C11H20N2O3/c1-7(2)9(10(14)15)6-13-11(16)12-5-8-3-4-8/h7-9H,3-6H2,1-2H3,(H,14,15)(H2,12,13,16). The van der Waals surface area contributed by atoms with Crippen molar-refractivity contribution < 1.29 is 14.7 Å². The van der Waals surface area contributed by atoms with Gasteiger partial charge in [0.25, 0.3) is 0 Å². The van der Waals surface area contributed by atoms with Crippen LogP contribution in [-0.4, -0.2) is 30.2 Å². The molecule has 3 N–H and O–H groups in total. The van der Waals surface area contributed by atoms with Crippen molar-refractivity contribution in [1.29, 1.82) is 0 Å². The molecule has 1 atom stereocenters. The van der Waals surface area contributed by atoms with Crippen LogP contribution in [0.5, 0.6) is 0 Å². The normalized spacial score (nSPS) is 16.9. The second-order valence-corrected chi connectivity index (χ2v) is 4.72. The van der Waals surface area contributed by atoms with Gasteiger partial charge in [-0.05, 0) is 24.7 Å². The quantitative estimate of drug-likeness (QED) is 0.636. The van der Waals surface area contributed by atoms with Crippen LogP contribution in [0.25, 0.3) is 0 Å². The van der Waals surface area contributed by atoms with E-state index in [0.29, 0.717) is 12.5 Å². The molecule has 0 heterocycles. The van der Waals surface area contributed by atoms with Gasteiger partial charge < -0.3 is 15.7 Å². The molecule has 92 valence electrons. The Morgan fingerprint density at radius 3 is 2.38 bits per heavy atom. The lowest BCUT2D eigenvalue weighted by molar-refractivity contribution is -0.142. The smallest absolute Gasteiger partial charge is 0.314 e. The molecule has 0 aliphatic heterocycles. The van der Waals surface area contributed by atoms with Gasteiger partial charge in [0.1, 0.15) is 0 Å². The van der Waals surface area contributed by atoms with Gasteiger partial charge in [0.2, 0.25) is 0 Å². The minimum atomic E-state index is -0.863. The van der Waals surface area contributed by atoms with Crippen LogP contribution >= 0.6 is 0 Å². The molecular weight excluding hydrogens is 208 g/mol. The van der Waals surface area contributed by atoms with Crippen molar-refractivity contribution in [2.45, 2.75) is 26.7 Å². The lowest BCUT2D eigenvalue weighted by Crippen LogP contribution is -2.41. The van der Waals surface area contributed by atoms with Crippen LogP contribution < -0.4 is 10.6 Å². The van der Waals surface area contributed by atoms with Crippen LogP contribution in [0.15, 0.2) is 0 Å². The summed E-state index contributed by atoms with van der Waals surface area (Å²) in [5.41, 5.74) is 0. The number of rotatable bonds is 6. The molecule has 5 nitrogen and oxygen atoms in total. The van der Waals surface area contributed by atoms with Gasteiger partial charge in [-0.15, -0.1) is 0 Å². The van der Waals surface area contributed by atoms with E-state index in [1.807, 2.05) is 13.8 Å². The Balaban J connectivity index is 2.19. The highest BCUT2D eigenvalue weighted by atomic mass is 16.4. The fourth-order valence-corrected chi connectivity index (χ4v) is 1.43. The van der Waals surface area contributed by atoms with Crippen LogP contribution in [0.3, 0.4) is 0 Å². The van der Waals surface area contributed by atoms with Gasteiger partial charge >= 0.3 is 12.0 Å². The summed E-state index contributed by atoms with van der Waals surface area (Å²) in [6, 6.07) is -0.265. The molecule has 0 aromatic carbocycles. The first-order valence-corrected chi connectivity index (χ1v) is 5.75. The van der Waals surface area contributed by atoms with E-state index in [1.54, 1.807) is 0 Å². The van der Waals surface area contributed by atoms with E-state index in [9.17, 15) is 9.59 Å². The molecular formula is C11H20N2O3. The second kappa shape index (κ2) is 5.72. The third kappa shape index (κ3) is 4.51. The number of carboxylic acid groups (broad SMARTS) is 1. The molecule has 1 saturated carbocycles. The molecule has 1 unspecified atom stereocenters. The van der Waals surface area contributed by atoms with Gasteiger partial charge in [0.05, 0.1) is 5.92 Å². The number of hydrogen-bond donors (Lipinski definition) is 3. The summed E-state index contributed by atoms with van der Waals surface area (Å²) in [6.45, 7) is 4.56. The predicted molar refractivity (Wildman–Crippen MR) is 60.1 cm³/mol. The number of urea groups is 1. The van der Waals surface area contributed by atoms with Gasteiger partial charge in [-0.25, -0.2) is 4.79 Å². The average molecular weight is 228 g/mol. The lowest BCUT2D eigenvalue weighted by atomic mass is 9.96. The number of carbonyl (C=O) groups is 2. The summed E-state index contributed by atoms with van der Waals surface area (Å²) in [6.07, 6.45) is 2.37. The summed E-state index contributed by atoms with van der Waals surface area (Å²) in [5.74, 6) is -0.739. The Morgan fingerprint density at radius 2 is 1.94 bits per heavy atom. The van der Waals surface area contributed by atoms with Crippen molar-refractivity contribution in [3.63, 3.8) is 0 Å². The number of aliphatic carboxylic acids is 1. The highest BCUT2D eigenvalue weighted by Crippen LogP contribution is 2.27. The Bertz CT molecular complexity index is 262. The average Bonchev–Trinajstić information content (AvgIpc) is 2.97. The highest BCUT2D eigenvalue weighted by molar-refractivity contribution is 5.75. The minimum absolute atomic E-state index is 0.0150. The van der Waals surface area contributed by atoms with Gasteiger partial charge in [0.15, 0.2) is 0 Å². The van der Waals surface area contributed by atoms with Crippen LogP contribution in [0, 0.1) is 17.8 Å². The number of hydrogen-bond acceptors (Lipinski definition) is 2. The van der Waals surface area contributed by atoms with Crippen molar-refractivity contribution in [2.24, 2.45) is 17.8 Å². The maximum absolute atomic E-state index is 11.3. The summed E-state index contributed by atoms with van der Waals surface area (Å²) in [4.78, 5) is 22.2. The molecule has 0 spiro atoms. The number of carbonyl (C=O) groups excluding carboxylic acids is 1. The first kappa shape index (κ1) is 12.8. The Hall–Kier alpha value is -1.26. The topological polar surface area (TPSA) is 78.4 Å². The van der Waals surface area contributed by atoms with Crippen LogP contribution in [0.4, 0.5) is 4.79 Å². The maximum atomic E-state index is 11.3. The Morgan fingerprint density at radius 1 is 1.31 bits per heavy atom. The second-order valence-electron chi connectivity index (χ2n) is 4.72. The first-order valence-electron chi connectivity index (χ1n) is 5.75. The zero-order valence-corrected chi connectivity index (χ0v) is 9.82. The van der Waals surface area contributed by atoms with E-state index in [1.165, 1.54) is 12.8 Å². The SMILES string of the molecule is CC(C)C(CNC(=O)NCC1CC1)C(=O)O. The van der Waals surface area contributed by atoms with E-state index >= 15 is 0 Å². The molecule has 1 fully saturated rings. The van der Waals surface area contributed by atoms with Crippen molar-refractivity contribution >= 4 is 12.0 Å². The van der Waals surface area contributed by atoms with E-state index in [4.69, 9.17) is 5.11 Å². The van der Waals surface area contributed by atoms with Gasteiger partial charge in [0, 0.05) is 13.1 Å². The molecule has 0 radical (unpaired) electrons. The molecule has 2 amide bonds. The summed E-state index contributed by atoms with van der Waals surface area (Å²) >= 11 is 0. The molecule has 0 aromatic rings. The zero-order chi connectivity index (χ0) is 12.1. The molecule has 5 heteroatoms. The maximum Gasteiger partial charge on any atom is 0.314 e. The van der Waals surface area contributed by atoms with Crippen molar-refractivity contribution in [3.05, 3.63) is 0 Å². The summed E-state index contributed by atoms with van der Waals surface area (Å²) < 4.78 is 0. The van der Waals surface area contributed by atoms with Gasteiger partial charge in [-0.1, -0.05) is 13.8 Å². The third-order valence-electron chi connectivity index (χ3n) is 2.85. The van der Waals surface area contributed by atoms with Crippen LogP contribution in [0.1, 0.15) is 26.7 Å². The van der Waals surface area contributed by atoms with Gasteiger partial charge in [-0.3, -0.25) is 4.79 Å². The number of nitrogens with one attached hydrogen (secondary N) is 2. The number of carboxylic acids is 1. The third-order valence-corrected chi connectivity index (χ3v) is 2.85. The fourth-order valence-electron chi connectivity index (χ4n) is 1.43.